The summed E-state index contributed by atoms with van der Waals surface area (Å²) >= 11 is 1.02. The number of ether oxygens (including phenoxy) is 1. The summed E-state index contributed by atoms with van der Waals surface area (Å²) in [5.41, 5.74) is 0.558. The molecule has 0 fully saturated rings. The van der Waals surface area contributed by atoms with Gasteiger partial charge in [-0.15, -0.1) is 10.2 Å². The van der Waals surface area contributed by atoms with Gasteiger partial charge in [0.05, 0.1) is 16.2 Å². The average molecular weight is 448 g/mol. The molecule has 10 heteroatoms. The number of hydrogen-bond donors (Lipinski definition) is 1. The van der Waals surface area contributed by atoms with Crippen molar-refractivity contribution in [1.29, 1.82) is 0 Å². The first-order valence-corrected chi connectivity index (χ1v) is 10.4. The molecule has 0 radical (unpaired) electrons. The van der Waals surface area contributed by atoms with Crippen LogP contribution >= 0.6 is 11.8 Å². The van der Waals surface area contributed by atoms with Crippen LogP contribution in [-0.2, 0) is 4.79 Å². The van der Waals surface area contributed by atoms with Crippen LogP contribution in [-0.4, -0.2) is 26.8 Å². The molecular formula is C22H16N4O5S. The Bertz CT molecular complexity index is 1250. The Morgan fingerprint density at radius 3 is 2.53 bits per heavy atom. The predicted molar refractivity (Wildman–Crippen MR) is 119 cm³/mol. The Labute approximate surface area is 186 Å². The lowest BCUT2D eigenvalue weighted by Gasteiger charge is -2.08. The number of aromatic nitrogens is 2. The molecule has 0 aliphatic rings. The number of benzene rings is 3. The van der Waals surface area contributed by atoms with Crippen molar-refractivity contribution >= 4 is 29.0 Å². The molecule has 9 nitrogen and oxygen atoms in total. The zero-order valence-electron chi connectivity index (χ0n) is 16.5. The largest absolute Gasteiger partial charge is 0.457 e. The molecule has 0 saturated heterocycles. The first kappa shape index (κ1) is 21.1. The lowest BCUT2D eigenvalue weighted by Crippen LogP contribution is -2.15. The van der Waals surface area contributed by atoms with Gasteiger partial charge in [0.2, 0.25) is 5.91 Å². The number of thioether (sulfide) groups is 1. The van der Waals surface area contributed by atoms with Crippen molar-refractivity contribution in [3.05, 3.63) is 89.0 Å². The number of para-hydroxylation sites is 4. The lowest BCUT2D eigenvalue weighted by atomic mass is 10.2. The van der Waals surface area contributed by atoms with E-state index in [0.29, 0.717) is 17.1 Å². The van der Waals surface area contributed by atoms with Gasteiger partial charge in [-0.1, -0.05) is 54.2 Å². The Morgan fingerprint density at radius 1 is 1.00 bits per heavy atom. The summed E-state index contributed by atoms with van der Waals surface area (Å²) in [6, 6.07) is 22.5. The minimum absolute atomic E-state index is 0.0597. The molecule has 0 aliphatic carbocycles. The van der Waals surface area contributed by atoms with Crippen LogP contribution in [0.25, 0.3) is 11.5 Å². The number of carbonyl (C=O) groups is 1. The Morgan fingerprint density at radius 2 is 1.72 bits per heavy atom. The first-order chi connectivity index (χ1) is 15.6. The number of anilines is 1. The molecular weight excluding hydrogens is 432 g/mol. The SMILES string of the molecule is O=C(CSc1nnc(-c2ccccc2Oc2ccccc2)o1)Nc1ccccc1[N+](=O)[O-]. The van der Waals surface area contributed by atoms with Crippen molar-refractivity contribution in [3.63, 3.8) is 0 Å². The molecule has 0 unspecified atom stereocenters. The fraction of sp³-hybridized carbons (Fsp3) is 0.0455. The van der Waals surface area contributed by atoms with Crippen LogP contribution < -0.4 is 10.1 Å². The standard InChI is InChI=1S/C22H16N4O5S/c27-20(23-17-11-5-6-12-18(17)26(28)29)14-32-22-25-24-21(31-22)16-10-4-7-13-19(16)30-15-8-2-1-3-9-15/h1-13H,14H2,(H,23,27). The third-order valence-electron chi connectivity index (χ3n) is 4.20. The molecule has 32 heavy (non-hydrogen) atoms. The summed E-state index contributed by atoms with van der Waals surface area (Å²) in [6.07, 6.45) is 0. The maximum Gasteiger partial charge on any atom is 0.292 e. The van der Waals surface area contributed by atoms with Crippen molar-refractivity contribution in [1.82, 2.24) is 10.2 Å². The van der Waals surface area contributed by atoms with Crippen LogP contribution in [0.15, 0.2) is 88.5 Å². The van der Waals surface area contributed by atoms with Crippen molar-refractivity contribution in [2.75, 3.05) is 11.1 Å². The monoisotopic (exact) mass is 448 g/mol. The second-order valence-corrected chi connectivity index (χ2v) is 7.32. The highest BCUT2D eigenvalue weighted by Gasteiger charge is 2.17. The second kappa shape index (κ2) is 9.75. The summed E-state index contributed by atoms with van der Waals surface area (Å²) in [7, 11) is 0. The number of rotatable bonds is 8. The number of nitro benzene ring substituents is 1. The molecule has 3 aromatic carbocycles. The zero-order valence-corrected chi connectivity index (χ0v) is 17.3. The second-order valence-electron chi connectivity index (χ2n) is 6.40. The molecule has 1 aromatic heterocycles. The van der Waals surface area contributed by atoms with Gasteiger partial charge in [0.1, 0.15) is 17.2 Å². The Hall–Kier alpha value is -4.18. The highest BCUT2D eigenvalue weighted by Crippen LogP contribution is 2.33. The van der Waals surface area contributed by atoms with E-state index in [0.717, 1.165) is 11.8 Å². The molecule has 4 aromatic rings. The molecule has 160 valence electrons. The maximum atomic E-state index is 12.2. The molecule has 0 atom stereocenters. The lowest BCUT2D eigenvalue weighted by molar-refractivity contribution is -0.383. The summed E-state index contributed by atoms with van der Waals surface area (Å²) in [6.45, 7) is 0. The smallest absolute Gasteiger partial charge is 0.292 e. The molecule has 4 rings (SSSR count). The zero-order chi connectivity index (χ0) is 22.3. The Balaban J connectivity index is 1.42. The van der Waals surface area contributed by atoms with Crippen molar-refractivity contribution in [2.45, 2.75) is 5.22 Å². The van der Waals surface area contributed by atoms with Gasteiger partial charge in [-0.2, -0.15) is 0 Å². The van der Waals surface area contributed by atoms with E-state index < -0.39 is 10.8 Å². The molecule has 1 amide bonds. The quantitative estimate of drug-likeness (QED) is 0.223. The summed E-state index contributed by atoms with van der Waals surface area (Å²) in [5.74, 6) is 0.972. The van der Waals surface area contributed by atoms with Gasteiger partial charge in [0.25, 0.3) is 16.8 Å². The van der Waals surface area contributed by atoms with E-state index in [2.05, 4.69) is 15.5 Å². The van der Waals surface area contributed by atoms with Crippen molar-refractivity contribution in [3.8, 4) is 23.0 Å². The van der Waals surface area contributed by atoms with Gasteiger partial charge in [0, 0.05) is 6.07 Å². The molecule has 1 N–H and O–H groups in total. The number of amides is 1. The molecule has 0 spiro atoms. The minimum atomic E-state index is -0.554. The fourth-order valence-electron chi connectivity index (χ4n) is 2.78. The fourth-order valence-corrected chi connectivity index (χ4v) is 3.34. The van der Waals surface area contributed by atoms with Gasteiger partial charge in [-0.3, -0.25) is 14.9 Å². The van der Waals surface area contributed by atoms with Gasteiger partial charge in [-0.25, -0.2) is 0 Å². The highest BCUT2D eigenvalue weighted by atomic mass is 32.2. The third kappa shape index (κ3) is 5.10. The molecule has 0 saturated carbocycles. The van der Waals surface area contributed by atoms with E-state index in [9.17, 15) is 14.9 Å². The summed E-state index contributed by atoms with van der Waals surface area (Å²) in [4.78, 5) is 22.7. The van der Waals surface area contributed by atoms with Crippen LogP contribution in [0.5, 0.6) is 11.5 Å². The van der Waals surface area contributed by atoms with Crippen LogP contribution in [0.2, 0.25) is 0 Å². The minimum Gasteiger partial charge on any atom is -0.457 e. The van der Waals surface area contributed by atoms with Crippen LogP contribution in [0, 0.1) is 10.1 Å². The van der Waals surface area contributed by atoms with E-state index in [-0.39, 0.29) is 28.2 Å². The number of nitro groups is 1. The van der Waals surface area contributed by atoms with Gasteiger partial charge in [0.15, 0.2) is 0 Å². The maximum absolute atomic E-state index is 12.2. The van der Waals surface area contributed by atoms with E-state index in [1.807, 2.05) is 42.5 Å². The Kier molecular flexibility index (Phi) is 6.42. The van der Waals surface area contributed by atoms with Crippen LogP contribution in [0.3, 0.4) is 0 Å². The molecule has 0 aliphatic heterocycles. The normalized spacial score (nSPS) is 10.5. The summed E-state index contributed by atoms with van der Waals surface area (Å²) < 4.78 is 11.6. The van der Waals surface area contributed by atoms with Crippen LogP contribution in [0.1, 0.15) is 0 Å². The van der Waals surface area contributed by atoms with E-state index in [1.165, 1.54) is 18.2 Å². The molecule has 0 bridgehead atoms. The third-order valence-corrected chi connectivity index (χ3v) is 5.01. The van der Waals surface area contributed by atoms with E-state index in [4.69, 9.17) is 9.15 Å². The number of nitrogens with one attached hydrogen (secondary N) is 1. The topological polar surface area (TPSA) is 120 Å². The number of carbonyl (C=O) groups excluding carboxylic acids is 1. The first-order valence-electron chi connectivity index (χ1n) is 9.42. The van der Waals surface area contributed by atoms with Crippen molar-refractivity contribution < 1.29 is 18.9 Å². The molecule has 1 heterocycles. The number of nitrogens with zero attached hydrogens (tertiary/aromatic N) is 3. The van der Waals surface area contributed by atoms with Gasteiger partial charge >= 0.3 is 0 Å². The highest BCUT2D eigenvalue weighted by molar-refractivity contribution is 7.99. The predicted octanol–water partition coefficient (Wildman–Crippen LogP) is 5.17. The van der Waals surface area contributed by atoms with Crippen molar-refractivity contribution in [2.24, 2.45) is 0 Å². The van der Waals surface area contributed by atoms with E-state index in [1.54, 1.807) is 18.2 Å². The van der Waals surface area contributed by atoms with Gasteiger partial charge < -0.3 is 14.5 Å². The van der Waals surface area contributed by atoms with Crippen LogP contribution in [0.4, 0.5) is 11.4 Å². The number of hydrogen-bond acceptors (Lipinski definition) is 8. The van der Waals surface area contributed by atoms with Gasteiger partial charge in [-0.05, 0) is 30.3 Å². The average Bonchev–Trinajstić information content (AvgIpc) is 3.28. The van der Waals surface area contributed by atoms with E-state index >= 15 is 0 Å². The summed E-state index contributed by atoms with van der Waals surface area (Å²) in [5, 5.41) is 21.8.